The molecule has 3 aliphatic rings. The summed E-state index contributed by atoms with van der Waals surface area (Å²) in [5.74, 6) is -1.24. The zero-order valence-corrected chi connectivity index (χ0v) is 31.4. The lowest BCUT2D eigenvalue weighted by molar-refractivity contribution is -0.154. The van der Waals surface area contributed by atoms with E-state index in [-0.39, 0.29) is 37.3 Å². The number of rotatable bonds is 12. The highest BCUT2D eigenvalue weighted by molar-refractivity contribution is 6.72. The minimum Gasteiger partial charge on any atom is -0.497 e. The van der Waals surface area contributed by atoms with E-state index in [0.29, 0.717) is 41.3 Å². The van der Waals surface area contributed by atoms with Gasteiger partial charge in [0.25, 0.3) is 5.91 Å². The number of methoxy groups -OCH3 is 1. The van der Waals surface area contributed by atoms with Crippen molar-refractivity contribution in [2.24, 2.45) is 5.92 Å². The number of hydrogen-bond acceptors (Lipinski definition) is 9. The third-order valence-corrected chi connectivity index (χ3v) is 13.3. The number of fused-ring (bicyclic) bond motifs is 2. The molecule has 4 heterocycles. The number of nitrogens with zero attached hydrogens (tertiary/aromatic N) is 5. The first kappa shape index (κ1) is 36.4. The van der Waals surface area contributed by atoms with E-state index in [2.05, 4.69) is 10.3 Å². The van der Waals surface area contributed by atoms with Gasteiger partial charge in [-0.3, -0.25) is 24.0 Å². The molecule has 1 aromatic heterocycles. The lowest BCUT2D eigenvalue weighted by Gasteiger charge is -2.39. The maximum atomic E-state index is 16.5. The van der Waals surface area contributed by atoms with Crippen molar-refractivity contribution in [3.05, 3.63) is 101 Å². The molecule has 12 nitrogen and oxygen atoms in total. The summed E-state index contributed by atoms with van der Waals surface area (Å²) in [6, 6.07) is 22.3. The molecule has 53 heavy (non-hydrogen) atoms. The maximum absolute atomic E-state index is 16.5. The van der Waals surface area contributed by atoms with Crippen LogP contribution in [0.5, 0.6) is 5.75 Å². The third-order valence-electron chi connectivity index (χ3n) is 10.8. The number of anilines is 2. The van der Waals surface area contributed by atoms with Crippen molar-refractivity contribution >= 4 is 37.6 Å². The number of aryl methyl sites for hydroxylation is 1. The number of carbonyl (C=O) groups is 3. The van der Waals surface area contributed by atoms with Gasteiger partial charge in [-0.2, -0.15) is 0 Å². The molecule has 7 rings (SSSR count). The first-order valence-corrected chi connectivity index (χ1v) is 20.8. The van der Waals surface area contributed by atoms with Gasteiger partial charge in [0.2, 0.25) is 14.3 Å². The number of hydrogen-bond donors (Lipinski definition) is 1. The van der Waals surface area contributed by atoms with Gasteiger partial charge in [-0.15, -0.1) is 5.10 Å². The van der Waals surface area contributed by atoms with Crippen LogP contribution in [0.1, 0.15) is 55.0 Å². The van der Waals surface area contributed by atoms with Crippen LogP contribution in [-0.4, -0.2) is 72.3 Å². The number of aliphatic hydroxyl groups is 1. The van der Waals surface area contributed by atoms with Gasteiger partial charge in [0.05, 0.1) is 50.1 Å². The number of halogens is 1. The van der Waals surface area contributed by atoms with Crippen LogP contribution >= 0.6 is 0 Å². The lowest BCUT2D eigenvalue weighted by atomic mass is 9.82. The van der Waals surface area contributed by atoms with Crippen molar-refractivity contribution in [1.29, 1.82) is 0 Å². The van der Waals surface area contributed by atoms with Crippen LogP contribution in [0.15, 0.2) is 79.0 Å². The minimum atomic E-state index is -3.43. The Morgan fingerprint density at radius 1 is 1.11 bits per heavy atom. The molecule has 0 saturated carbocycles. The van der Waals surface area contributed by atoms with Gasteiger partial charge in [-0.1, -0.05) is 54.6 Å². The summed E-state index contributed by atoms with van der Waals surface area (Å²) < 4.78 is 36.0. The normalized spacial score (nSPS) is 24.4. The van der Waals surface area contributed by atoms with Crippen molar-refractivity contribution in [3.8, 4) is 5.75 Å². The second-order valence-electron chi connectivity index (χ2n) is 14.6. The number of aromatic nitrogens is 3. The molecule has 14 heteroatoms. The number of esters is 1. The Bertz CT molecular complexity index is 2020. The second-order valence-corrected chi connectivity index (χ2v) is 18.4. The Morgan fingerprint density at radius 2 is 1.89 bits per heavy atom. The molecule has 0 aliphatic carbocycles. The van der Waals surface area contributed by atoms with Crippen molar-refractivity contribution in [1.82, 2.24) is 15.0 Å². The second kappa shape index (κ2) is 14.1. The summed E-state index contributed by atoms with van der Waals surface area (Å²) >= 11 is 0. The number of β-lactam (4-membered cyclic amide) rings is 1. The Morgan fingerprint density at radius 3 is 2.57 bits per heavy atom. The number of ether oxygens (including phenoxy) is 3. The van der Waals surface area contributed by atoms with Crippen molar-refractivity contribution < 1.29 is 37.8 Å². The molecule has 278 valence electrons. The number of carbonyl (C=O) groups excluding carboxylic acids is 3. The Balaban J connectivity index is 1.18. The molecule has 2 amide bonds. The number of aliphatic hydroxyl groups excluding tert-OH is 1. The van der Waals surface area contributed by atoms with Gasteiger partial charge in [0.1, 0.15) is 5.75 Å². The predicted octanol–water partition coefficient (Wildman–Crippen LogP) is 5.45. The van der Waals surface area contributed by atoms with Crippen molar-refractivity contribution in [3.63, 3.8) is 0 Å². The zero-order valence-electron chi connectivity index (χ0n) is 30.4. The number of benzene rings is 3. The largest absolute Gasteiger partial charge is 0.497 e. The average molecular weight is 742 g/mol. The smallest absolute Gasteiger partial charge is 0.304 e. The fraction of sp³-hybridized carbons (Fsp3) is 0.410. The maximum Gasteiger partial charge on any atom is 0.304 e. The quantitative estimate of drug-likeness (QED) is 0.0871. The van der Waals surface area contributed by atoms with Crippen LogP contribution in [0, 0.1) is 5.92 Å². The zero-order chi connectivity index (χ0) is 37.7. The molecular formula is C39H44FN5O7Si. The molecule has 0 bridgehead atoms. The van der Waals surface area contributed by atoms with E-state index < -0.39 is 43.8 Å². The molecule has 2 saturated heterocycles. The van der Waals surface area contributed by atoms with Gasteiger partial charge >= 0.3 is 5.97 Å². The number of amides is 2. The summed E-state index contributed by atoms with van der Waals surface area (Å²) in [7, 11) is -1.88. The molecule has 1 N–H and O–H groups in total. The van der Waals surface area contributed by atoms with Crippen molar-refractivity contribution in [2.75, 3.05) is 23.5 Å². The molecule has 6 atom stereocenters. The Hall–Kier alpha value is -4.92. The molecule has 4 aromatic rings. The first-order valence-electron chi connectivity index (χ1n) is 17.9. The molecule has 3 aliphatic heterocycles. The molecular weight excluding hydrogens is 698 g/mol. The Kier molecular flexibility index (Phi) is 9.72. The van der Waals surface area contributed by atoms with E-state index >= 15 is 4.11 Å². The van der Waals surface area contributed by atoms with E-state index in [9.17, 15) is 19.5 Å². The Labute approximate surface area is 308 Å². The topological polar surface area (TPSA) is 136 Å². The molecule has 2 fully saturated rings. The molecule has 1 spiro atoms. The van der Waals surface area contributed by atoms with Crippen LogP contribution < -0.4 is 14.5 Å². The highest BCUT2D eigenvalue weighted by atomic mass is 28.4. The summed E-state index contributed by atoms with van der Waals surface area (Å²) in [5.41, 5.74) is 2.12. The van der Waals surface area contributed by atoms with Crippen LogP contribution in [0.3, 0.4) is 0 Å². The standard InChI is InChI=1S/C39H44FN5O7Si/c1-24-37(53(4,5)40)34(16-17-43-22-32(41-42-43)30(23-46)27-11-7-6-8-12-27)52-39(24)31-19-29(50-3)14-15-33(31)44(38(39)49)21-26-10-9-13-28(18-26)45-35(48)20-36(45)51-25(2)47/h6-15,18-19,22,24,30,34,36-37,46H,16-17,20-21,23H2,1-5H3/t24-,30?,34+,36?,37-,39+/m0/s1. The fourth-order valence-electron chi connectivity index (χ4n) is 8.45. The SMILES string of the molecule is COc1ccc2c(c1)[C@@]1(O[C@H](CCn3cc(C(CO)c4ccccc4)nn3)[C@@H]([Si](C)(C)F)[C@@H]1C)C(=O)N2Cc1cccc(N2C(=O)CC2OC(C)=O)c1. The molecule has 0 radical (unpaired) electrons. The summed E-state index contributed by atoms with van der Waals surface area (Å²) in [5, 5.41) is 18.8. The van der Waals surface area contributed by atoms with Crippen molar-refractivity contribution in [2.45, 2.75) is 82.3 Å². The van der Waals surface area contributed by atoms with Gasteiger partial charge in [-0.05, 0) is 61.0 Å². The monoisotopic (exact) mass is 741 g/mol. The minimum absolute atomic E-state index is 0.104. The first-order chi connectivity index (χ1) is 25.3. The van der Waals surface area contributed by atoms with Gasteiger partial charge < -0.3 is 28.3 Å². The van der Waals surface area contributed by atoms with Gasteiger partial charge in [-0.25, -0.2) is 0 Å². The molecule has 2 unspecified atom stereocenters. The fourth-order valence-corrected chi connectivity index (χ4v) is 11.0. The van der Waals surface area contributed by atoms with Crippen LogP contribution in [0.25, 0.3) is 0 Å². The van der Waals surface area contributed by atoms with E-state index in [1.165, 1.54) is 11.8 Å². The van der Waals surface area contributed by atoms with Gasteiger partial charge in [0, 0.05) is 42.4 Å². The summed E-state index contributed by atoms with van der Waals surface area (Å²) in [6.45, 7) is 6.94. The summed E-state index contributed by atoms with van der Waals surface area (Å²) in [6.07, 6.45) is 1.01. The van der Waals surface area contributed by atoms with E-state index in [0.717, 1.165) is 11.1 Å². The molecule has 3 aromatic carbocycles. The van der Waals surface area contributed by atoms with Crippen LogP contribution in [-0.2, 0) is 42.5 Å². The van der Waals surface area contributed by atoms with E-state index in [4.69, 9.17) is 14.2 Å². The van der Waals surface area contributed by atoms with Gasteiger partial charge in [0.15, 0.2) is 11.8 Å². The van der Waals surface area contributed by atoms with Crippen LogP contribution in [0.2, 0.25) is 18.6 Å². The van der Waals surface area contributed by atoms with E-state index in [1.54, 1.807) is 54.2 Å². The highest BCUT2D eigenvalue weighted by Gasteiger charge is 2.66. The predicted molar refractivity (Wildman–Crippen MR) is 196 cm³/mol. The van der Waals surface area contributed by atoms with E-state index in [1.807, 2.05) is 61.5 Å². The lowest BCUT2D eigenvalue weighted by Crippen LogP contribution is -2.54. The van der Waals surface area contributed by atoms with Crippen LogP contribution in [0.4, 0.5) is 15.5 Å². The highest BCUT2D eigenvalue weighted by Crippen LogP contribution is 2.60. The third kappa shape index (κ3) is 6.53. The average Bonchev–Trinajstić information content (AvgIpc) is 3.78. The summed E-state index contributed by atoms with van der Waals surface area (Å²) in [4.78, 5) is 42.2.